The van der Waals surface area contributed by atoms with Gasteiger partial charge in [-0.1, -0.05) is 18.2 Å². The molecule has 10 nitrogen and oxygen atoms in total. The van der Waals surface area contributed by atoms with Crippen LogP contribution in [0.3, 0.4) is 0 Å². The number of urea groups is 1. The lowest BCUT2D eigenvalue weighted by atomic mass is 10.1. The first-order chi connectivity index (χ1) is 14.3. The van der Waals surface area contributed by atoms with Crippen molar-refractivity contribution < 1.29 is 19.2 Å². The van der Waals surface area contributed by atoms with Gasteiger partial charge in [0.25, 0.3) is 5.91 Å². The van der Waals surface area contributed by atoms with Crippen LogP contribution < -0.4 is 15.4 Å². The lowest BCUT2D eigenvalue weighted by Crippen LogP contribution is -2.34. The normalized spacial score (nSPS) is 10.2. The second-order valence-electron chi connectivity index (χ2n) is 5.95. The van der Waals surface area contributed by atoms with Gasteiger partial charge in [0.1, 0.15) is 0 Å². The molecule has 0 spiro atoms. The molecule has 0 saturated carbocycles. The number of nitrogens with one attached hydrogen (secondary N) is 2. The topological polar surface area (TPSA) is 136 Å². The van der Waals surface area contributed by atoms with E-state index < -0.39 is 22.5 Å². The zero-order valence-electron chi connectivity index (χ0n) is 15.5. The molecule has 0 bridgehead atoms. The van der Waals surface area contributed by atoms with Crippen LogP contribution in [0, 0.1) is 17.0 Å². The second-order valence-corrected chi connectivity index (χ2v) is 6.86. The van der Waals surface area contributed by atoms with Crippen LogP contribution in [-0.2, 0) is 0 Å². The molecule has 2 aromatic carbocycles. The minimum absolute atomic E-state index is 0.0800. The maximum atomic E-state index is 12.2. The van der Waals surface area contributed by atoms with E-state index in [2.05, 4.69) is 36.5 Å². The predicted octanol–water partition coefficient (Wildman–Crippen LogP) is 4.21. The molecule has 2 N–H and O–H groups in total. The number of nitro groups is 1. The number of imide groups is 1. The molecule has 0 unspecified atom stereocenters. The van der Waals surface area contributed by atoms with Crippen molar-refractivity contribution in [2.45, 2.75) is 6.92 Å². The van der Waals surface area contributed by atoms with Gasteiger partial charge in [0.15, 0.2) is 0 Å². The predicted molar refractivity (Wildman–Crippen MR) is 111 cm³/mol. The molecular formula is C19H14BrN5O5. The van der Waals surface area contributed by atoms with E-state index in [1.54, 1.807) is 31.2 Å². The maximum Gasteiger partial charge on any atom is 0.326 e. The van der Waals surface area contributed by atoms with Gasteiger partial charge in [-0.15, -0.1) is 0 Å². The summed E-state index contributed by atoms with van der Waals surface area (Å²) in [7, 11) is 0. The van der Waals surface area contributed by atoms with E-state index >= 15 is 0 Å². The first-order valence-corrected chi connectivity index (χ1v) is 9.24. The average molecular weight is 472 g/mol. The summed E-state index contributed by atoms with van der Waals surface area (Å²) in [5, 5.41) is 16.0. The lowest BCUT2D eigenvalue weighted by Gasteiger charge is -2.09. The van der Waals surface area contributed by atoms with Crippen molar-refractivity contribution in [3.05, 3.63) is 80.6 Å². The largest absolute Gasteiger partial charge is 0.417 e. The van der Waals surface area contributed by atoms with Gasteiger partial charge in [-0.25, -0.2) is 14.8 Å². The van der Waals surface area contributed by atoms with Crippen molar-refractivity contribution in [3.8, 4) is 11.8 Å². The van der Waals surface area contributed by atoms with Crippen molar-refractivity contribution in [2.24, 2.45) is 0 Å². The quantitative estimate of drug-likeness (QED) is 0.419. The second kappa shape index (κ2) is 9.09. The Morgan fingerprint density at radius 2 is 1.83 bits per heavy atom. The molecule has 152 valence electrons. The molecule has 0 aliphatic carbocycles. The van der Waals surface area contributed by atoms with Gasteiger partial charge in [-0.05, 0) is 46.6 Å². The minimum Gasteiger partial charge on any atom is -0.417 e. The number of aromatic nitrogens is 2. The number of halogens is 1. The van der Waals surface area contributed by atoms with E-state index in [1.807, 2.05) is 0 Å². The highest BCUT2D eigenvalue weighted by molar-refractivity contribution is 9.10. The van der Waals surface area contributed by atoms with E-state index in [-0.39, 0.29) is 17.4 Å². The number of aryl methyl sites for hydroxylation is 1. The number of anilines is 1. The number of benzene rings is 2. The van der Waals surface area contributed by atoms with Gasteiger partial charge >= 0.3 is 17.7 Å². The van der Waals surface area contributed by atoms with E-state index in [4.69, 9.17) is 4.74 Å². The number of rotatable bonds is 5. The number of amides is 3. The molecule has 30 heavy (non-hydrogen) atoms. The van der Waals surface area contributed by atoms with Gasteiger partial charge in [-0.2, -0.15) is 0 Å². The summed E-state index contributed by atoms with van der Waals surface area (Å²) >= 11 is 3.18. The third kappa shape index (κ3) is 5.14. The summed E-state index contributed by atoms with van der Waals surface area (Å²) < 4.78 is 5.97. The molecule has 1 aromatic heterocycles. The molecule has 0 aliphatic rings. The Labute approximate surface area is 178 Å². The number of carbonyl (C=O) groups excluding carboxylic acids is 2. The van der Waals surface area contributed by atoms with Crippen LogP contribution in [0.1, 0.15) is 15.9 Å². The molecule has 0 fully saturated rings. The number of nitrogens with zero attached hydrogens (tertiary/aromatic N) is 3. The van der Waals surface area contributed by atoms with E-state index in [1.165, 1.54) is 24.5 Å². The van der Waals surface area contributed by atoms with Crippen LogP contribution in [0.25, 0.3) is 0 Å². The van der Waals surface area contributed by atoms with Crippen molar-refractivity contribution in [1.82, 2.24) is 15.3 Å². The third-order valence-corrected chi connectivity index (χ3v) is 4.24. The van der Waals surface area contributed by atoms with E-state index in [0.29, 0.717) is 15.6 Å². The Morgan fingerprint density at radius 3 is 2.50 bits per heavy atom. The minimum atomic E-state index is -0.831. The number of hydrogen-bond acceptors (Lipinski definition) is 7. The van der Waals surface area contributed by atoms with Gasteiger partial charge in [0.2, 0.25) is 5.75 Å². The van der Waals surface area contributed by atoms with Gasteiger partial charge in [-0.3, -0.25) is 20.2 Å². The Balaban J connectivity index is 1.73. The van der Waals surface area contributed by atoms with E-state index in [9.17, 15) is 19.7 Å². The van der Waals surface area contributed by atoms with Crippen LogP contribution in [0.5, 0.6) is 11.8 Å². The highest BCUT2D eigenvalue weighted by Gasteiger charge is 2.19. The first kappa shape index (κ1) is 20.9. The number of hydrogen-bond donors (Lipinski definition) is 2. The zero-order chi connectivity index (χ0) is 21.7. The van der Waals surface area contributed by atoms with Crippen molar-refractivity contribution in [2.75, 3.05) is 5.32 Å². The standard InChI is InChI=1S/C19H14BrN5O5/c1-11-4-2-3-5-14(11)17(26)24-18(27)23-13-6-7-16(15(8-13)25(28)29)30-19-21-9-12(20)10-22-19/h2-10H,1H3,(H2,23,24,26,27). The third-order valence-electron chi connectivity index (χ3n) is 3.83. The molecule has 0 radical (unpaired) electrons. The summed E-state index contributed by atoms with van der Waals surface area (Å²) in [4.78, 5) is 42.8. The molecule has 3 aromatic rings. The summed E-state index contributed by atoms with van der Waals surface area (Å²) in [6, 6.07) is 9.65. The first-order valence-electron chi connectivity index (χ1n) is 8.45. The van der Waals surface area contributed by atoms with Crippen molar-refractivity contribution in [1.29, 1.82) is 0 Å². The molecule has 3 amide bonds. The smallest absolute Gasteiger partial charge is 0.326 e. The van der Waals surface area contributed by atoms with Gasteiger partial charge in [0, 0.05) is 29.7 Å². The lowest BCUT2D eigenvalue weighted by molar-refractivity contribution is -0.385. The number of nitro benzene ring substituents is 1. The fourth-order valence-corrected chi connectivity index (χ4v) is 2.64. The highest BCUT2D eigenvalue weighted by Crippen LogP contribution is 2.32. The molecule has 0 saturated heterocycles. The number of carbonyl (C=O) groups is 2. The molecule has 1 heterocycles. The van der Waals surface area contributed by atoms with Crippen LogP contribution in [0.15, 0.2) is 59.3 Å². The van der Waals surface area contributed by atoms with Crippen LogP contribution >= 0.6 is 15.9 Å². The zero-order valence-corrected chi connectivity index (χ0v) is 17.0. The van der Waals surface area contributed by atoms with Crippen molar-refractivity contribution >= 4 is 39.2 Å². The molecule has 3 rings (SSSR count). The Hall–Kier alpha value is -3.86. The Bertz CT molecular complexity index is 1120. The van der Waals surface area contributed by atoms with Crippen LogP contribution in [-0.4, -0.2) is 26.8 Å². The van der Waals surface area contributed by atoms with Crippen LogP contribution in [0.4, 0.5) is 16.2 Å². The fraction of sp³-hybridized carbons (Fsp3) is 0.0526. The molecule has 0 aliphatic heterocycles. The molecule has 11 heteroatoms. The van der Waals surface area contributed by atoms with Gasteiger partial charge in [0.05, 0.1) is 9.40 Å². The Morgan fingerprint density at radius 1 is 1.13 bits per heavy atom. The molecule has 0 atom stereocenters. The summed E-state index contributed by atoms with van der Waals surface area (Å²) in [5.41, 5.74) is 0.734. The van der Waals surface area contributed by atoms with Gasteiger partial charge < -0.3 is 10.1 Å². The number of ether oxygens (including phenoxy) is 1. The summed E-state index contributed by atoms with van der Waals surface area (Å²) in [6.45, 7) is 1.74. The maximum absolute atomic E-state index is 12.2. The van der Waals surface area contributed by atoms with Crippen LogP contribution in [0.2, 0.25) is 0 Å². The highest BCUT2D eigenvalue weighted by atomic mass is 79.9. The van der Waals surface area contributed by atoms with Crippen molar-refractivity contribution in [3.63, 3.8) is 0 Å². The molecular weight excluding hydrogens is 458 g/mol. The summed E-state index contributed by atoms with van der Waals surface area (Å²) in [6.07, 6.45) is 2.86. The Kier molecular flexibility index (Phi) is 6.32. The summed E-state index contributed by atoms with van der Waals surface area (Å²) in [5.74, 6) is -0.697. The fourth-order valence-electron chi connectivity index (χ4n) is 2.44. The monoisotopic (exact) mass is 471 g/mol. The average Bonchev–Trinajstić information content (AvgIpc) is 2.70. The SMILES string of the molecule is Cc1ccccc1C(=O)NC(=O)Nc1ccc(Oc2ncc(Br)cn2)c([N+](=O)[O-])c1. The van der Waals surface area contributed by atoms with E-state index in [0.717, 1.165) is 6.07 Å².